The summed E-state index contributed by atoms with van der Waals surface area (Å²) in [5.41, 5.74) is 7.17. The number of nitrogens with zero attached hydrogens (tertiary/aromatic N) is 1. The maximum atomic E-state index is 12.5. The number of benzene rings is 1. The van der Waals surface area contributed by atoms with Crippen LogP contribution >= 0.6 is 12.4 Å². The molecule has 26 heavy (non-hydrogen) atoms. The van der Waals surface area contributed by atoms with Gasteiger partial charge in [0, 0.05) is 13.1 Å². The highest BCUT2D eigenvalue weighted by atomic mass is 35.5. The number of piperidine rings is 1. The van der Waals surface area contributed by atoms with Crippen LogP contribution in [0.5, 0.6) is 0 Å². The SMILES string of the molecule is CCC1CN(C(=O)CNC(=O)[C@@H](N)C(C)C)CCC1c1ccccc1.Cl. The highest BCUT2D eigenvalue weighted by Gasteiger charge is 2.31. The van der Waals surface area contributed by atoms with Gasteiger partial charge in [0.25, 0.3) is 0 Å². The summed E-state index contributed by atoms with van der Waals surface area (Å²) in [5.74, 6) is 0.734. The zero-order chi connectivity index (χ0) is 18.4. The van der Waals surface area contributed by atoms with Crippen molar-refractivity contribution in [3.8, 4) is 0 Å². The van der Waals surface area contributed by atoms with E-state index >= 15 is 0 Å². The van der Waals surface area contributed by atoms with E-state index in [1.165, 1.54) is 5.56 Å². The molecular formula is C20H32ClN3O2. The Morgan fingerprint density at radius 1 is 1.27 bits per heavy atom. The summed E-state index contributed by atoms with van der Waals surface area (Å²) < 4.78 is 0. The molecule has 2 amide bonds. The standard InChI is InChI=1S/C20H31N3O2.ClH/c1-4-15-13-23(11-10-17(15)16-8-6-5-7-9-16)18(24)12-22-20(25)19(21)14(2)3;/h5-9,14-15,17,19H,4,10-13,21H2,1-3H3,(H,22,25);1H/t15?,17?,19-;/m0./s1. The molecular weight excluding hydrogens is 350 g/mol. The number of carbonyl (C=O) groups excluding carboxylic acids is 2. The summed E-state index contributed by atoms with van der Waals surface area (Å²) in [6.45, 7) is 7.49. The van der Waals surface area contributed by atoms with Crippen LogP contribution in [0.25, 0.3) is 0 Å². The average Bonchev–Trinajstić information content (AvgIpc) is 2.65. The lowest BCUT2D eigenvalue weighted by atomic mass is 9.79. The number of halogens is 1. The van der Waals surface area contributed by atoms with Crippen molar-refractivity contribution in [3.63, 3.8) is 0 Å². The second kappa shape index (κ2) is 10.5. The largest absolute Gasteiger partial charge is 0.346 e. The molecule has 146 valence electrons. The predicted octanol–water partition coefficient (Wildman–Crippen LogP) is 2.55. The minimum atomic E-state index is -0.569. The van der Waals surface area contributed by atoms with Crippen molar-refractivity contribution >= 4 is 24.2 Å². The molecule has 1 aromatic carbocycles. The van der Waals surface area contributed by atoms with Crippen molar-refractivity contribution in [2.75, 3.05) is 19.6 Å². The van der Waals surface area contributed by atoms with E-state index in [2.05, 4.69) is 36.5 Å². The van der Waals surface area contributed by atoms with Crippen LogP contribution in [0.1, 0.15) is 45.1 Å². The third kappa shape index (κ3) is 5.71. The molecule has 0 radical (unpaired) electrons. The lowest BCUT2D eigenvalue weighted by molar-refractivity contribution is -0.135. The number of nitrogens with two attached hydrogens (primary N) is 1. The summed E-state index contributed by atoms with van der Waals surface area (Å²) in [6.07, 6.45) is 2.00. The van der Waals surface area contributed by atoms with Crippen LogP contribution in [0.4, 0.5) is 0 Å². The van der Waals surface area contributed by atoms with Crippen molar-refractivity contribution < 1.29 is 9.59 Å². The fourth-order valence-corrected chi connectivity index (χ4v) is 3.51. The molecule has 1 aromatic rings. The Morgan fingerprint density at radius 3 is 2.50 bits per heavy atom. The number of rotatable bonds is 6. The van der Waals surface area contributed by atoms with Crippen molar-refractivity contribution in [2.45, 2.75) is 45.6 Å². The number of likely N-dealkylation sites (tertiary alicyclic amines) is 1. The van der Waals surface area contributed by atoms with E-state index in [4.69, 9.17) is 5.73 Å². The summed E-state index contributed by atoms with van der Waals surface area (Å²) in [6, 6.07) is 9.98. The van der Waals surface area contributed by atoms with E-state index < -0.39 is 6.04 Å². The molecule has 3 N–H and O–H groups in total. The Balaban J connectivity index is 0.00000338. The molecule has 1 heterocycles. The molecule has 2 unspecified atom stereocenters. The highest BCUT2D eigenvalue weighted by Crippen LogP contribution is 2.34. The molecule has 1 saturated heterocycles. The van der Waals surface area contributed by atoms with Gasteiger partial charge in [-0.05, 0) is 29.7 Å². The first-order valence-electron chi connectivity index (χ1n) is 9.30. The molecule has 1 aliphatic rings. The van der Waals surface area contributed by atoms with Crippen LogP contribution in [0.15, 0.2) is 30.3 Å². The Hall–Kier alpha value is -1.59. The normalized spacial score (nSPS) is 21.0. The summed E-state index contributed by atoms with van der Waals surface area (Å²) in [5, 5.41) is 2.68. The first-order chi connectivity index (χ1) is 11.9. The van der Waals surface area contributed by atoms with Gasteiger partial charge in [-0.25, -0.2) is 0 Å². The van der Waals surface area contributed by atoms with E-state index in [-0.39, 0.29) is 36.7 Å². The van der Waals surface area contributed by atoms with E-state index in [0.29, 0.717) is 11.8 Å². The lowest BCUT2D eigenvalue weighted by Crippen LogP contribution is -2.50. The van der Waals surface area contributed by atoms with Crippen LogP contribution in [-0.2, 0) is 9.59 Å². The zero-order valence-corrected chi connectivity index (χ0v) is 16.8. The van der Waals surface area contributed by atoms with E-state index in [0.717, 1.165) is 25.9 Å². The van der Waals surface area contributed by atoms with Crippen molar-refractivity contribution in [1.82, 2.24) is 10.2 Å². The van der Waals surface area contributed by atoms with E-state index in [1.54, 1.807) is 0 Å². The van der Waals surface area contributed by atoms with Crippen LogP contribution in [0, 0.1) is 11.8 Å². The first-order valence-corrected chi connectivity index (χ1v) is 9.30. The molecule has 0 aromatic heterocycles. The minimum Gasteiger partial charge on any atom is -0.346 e. The van der Waals surface area contributed by atoms with E-state index in [9.17, 15) is 9.59 Å². The van der Waals surface area contributed by atoms with Crippen LogP contribution in [-0.4, -0.2) is 42.4 Å². The third-order valence-electron chi connectivity index (χ3n) is 5.27. The summed E-state index contributed by atoms with van der Waals surface area (Å²) >= 11 is 0. The molecule has 5 nitrogen and oxygen atoms in total. The summed E-state index contributed by atoms with van der Waals surface area (Å²) in [7, 11) is 0. The minimum absolute atomic E-state index is 0. The number of amides is 2. The fourth-order valence-electron chi connectivity index (χ4n) is 3.51. The molecule has 6 heteroatoms. The number of carbonyl (C=O) groups is 2. The topological polar surface area (TPSA) is 75.4 Å². The molecule has 0 spiro atoms. The van der Waals surface area contributed by atoms with Gasteiger partial charge >= 0.3 is 0 Å². The second-order valence-electron chi connectivity index (χ2n) is 7.30. The van der Waals surface area contributed by atoms with Gasteiger partial charge in [0.1, 0.15) is 0 Å². The van der Waals surface area contributed by atoms with Gasteiger partial charge in [0.2, 0.25) is 11.8 Å². The Labute approximate surface area is 163 Å². The first kappa shape index (κ1) is 22.5. The molecule has 0 saturated carbocycles. The fraction of sp³-hybridized carbons (Fsp3) is 0.600. The van der Waals surface area contributed by atoms with Gasteiger partial charge in [-0.2, -0.15) is 0 Å². The maximum Gasteiger partial charge on any atom is 0.241 e. The Bertz CT molecular complexity index is 580. The Morgan fingerprint density at radius 2 is 1.92 bits per heavy atom. The maximum absolute atomic E-state index is 12.5. The van der Waals surface area contributed by atoms with Crippen LogP contribution in [0.3, 0.4) is 0 Å². The molecule has 1 aliphatic heterocycles. The second-order valence-corrected chi connectivity index (χ2v) is 7.30. The van der Waals surface area contributed by atoms with Gasteiger partial charge in [0.05, 0.1) is 12.6 Å². The molecule has 2 rings (SSSR count). The van der Waals surface area contributed by atoms with Gasteiger partial charge in [-0.3, -0.25) is 9.59 Å². The van der Waals surface area contributed by atoms with Crippen molar-refractivity contribution in [1.29, 1.82) is 0 Å². The zero-order valence-electron chi connectivity index (χ0n) is 16.0. The predicted molar refractivity (Wildman–Crippen MR) is 107 cm³/mol. The van der Waals surface area contributed by atoms with E-state index in [1.807, 2.05) is 24.8 Å². The molecule has 1 fully saturated rings. The average molecular weight is 382 g/mol. The number of nitrogens with one attached hydrogen (secondary N) is 1. The van der Waals surface area contributed by atoms with Crippen molar-refractivity contribution in [2.24, 2.45) is 17.6 Å². The molecule has 0 bridgehead atoms. The van der Waals surface area contributed by atoms with Gasteiger partial charge in [-0.15, -0.1) is 12.4 Å². The highest BCUT2D eigenvalue weighted by molar-refractivity contribution is 5.87. The van der Waals surface area contributed by atoms with Crippen LogP contribution in [0.2, 0.25) is 0 Å². The Kier molecular flexibility index (Phi) is 9.09. The molecule has 3 atom stereocenters. The van der Waals surface area contributed by atoms with Crippen molar-refractivity contribution in [3.05, 3.63) is 35.9 Å². The third-order valence-corrected chi connectivity index (χ3v) is 5.27. The van der Waals surface area contributed by atoms with Gasteiger partial charge < -0.3 is 16.0 Å². The van der Waals surface area contributed by atoms with Gasteiger partial charge in [-0.1, -0.05) is 57.5 Å². The van der Waals surface area contributed by atoms with Gasteiger partial charge in [0.15, 0.2) is 0 Å². The lowest BCUT2D eigenvalue weighted by Gasteiger charge is -2.38. The van der Waals surface area contributed by atoms with Crippen LogP contribution < -0.4 is 11.1 Å². The number of hydrogen-bond donors (Lipinski definition) is 2. The molecule has 0 aliphatic carbocycles. The summed E-state index contributed by atoms with van der Waals surface area (Å²) in [4.78, 5) is 26.3. The monoisotopic (exact) mass is 381 g/mol. The quantitative estimate of drug-likeness (QED) is 0.795. The smallest absolute Gasteiger partial charge is 0.241 e. The number of hydrogen-bond acceptors (Lipinski definition) is 3.